The molecule has 1 rings (SSSR count). The summed E-state index contributed by atoms with van der Waals surface area (Å²) in [6.07, 6.45) is 3.57. The summed E-state index contributed by atoms with van der Waals surface area (Å²) in [6.45, 7) is 5.84. The average Bonchev–Trinajstić information content (AvgIpc) is 2.28. The number of anilines is 1. The Kier molecular flexibility index (Phi) is 5.55. The molecule has 0 atom stereocenters. The first kappa shape index (κ1) is 16.0. The van der Waals surface area contributed by atoms with Gasteiger partial charge in [-0.2, -0.15) is 0 Å². The second-order valence-corrected chi connectivity index (χ2v) is 5.40. The zero-order valence-electron chi connectivity index (χ0n) is 12.1. The van der Waals surface area contributed by atoms with E-state index in [0.717, 1.165) is 0 Å². The third-order valence-electron chi connectivity index (χ3n) is 2.30. The molecule has 0 radical (unpaired) electrons. The molecule has 3 N–H and O–H groups in total. The highest BCUT2D eigenvalue weighted by molar-refractivity contribution is 5.67. The van der Waals surface area contributed by atoms with Gasteiger partial charge >= 0.3 is 6.09 Å². The minimum absolute atomic E-state index is 0.360. The van der Waals surface area contributed by atoms with Crippen LogP contribution in [0.4, 0.5) is 14.9 Å². The first-order valence-electron chi connectivity index (χ1n) is 6.46. The van der Waals surface area contributed by atoms with E-state index in [0.29, 0.717) is 24.2 Å². The van der Waals surface area contributed by atoms with Crippen molar-refractivity contribution in [2.75, 3.05) is 12.3 Å². The summed E-state index contributed by atoms with van der Waals surface area (Å²) < 4.78 is 18.5. The number of hydrogen-bond acceptors (Lipinski definition) is 3. The lowest BCUT2D eigenvalue weighted by molar-refractivity contribution is 0.0529. The normalized spacial score (nSPS) is 11.6. The monoisotopic (exact) mass is 280 g/mol. The summed E-state index contributed by atoms with van der Waals surface area (Å²) in [5, 5.41) is 2.62. The quantitative estimate of drug-likeness (QED) is 0.656. The van der Waals surface area contributed by atoms with Gasteiger partial charge in [-0.15, -0.1) is 0 Å². The molecule has 1 aromatic rings. The van der Waals surface area contributed by atoms with Gasteiger partial charge in [-0.3, -0.25) is 0 Å². The molecule has 0 saturated carbocycles. The van der Waals surface area contributed by atoms with Crippen LogP contribution < -0.4 is 11.1 Å². The average molecular weight is 280 g/mol. The van der Waals surface area contributed by atoms with E-state index in [1.54, 1.807) is 45.1 Å². The minimum Gasteiger partial charge on any atom is -0.444 e. The lowest BCUT2D eigenvalue weighted by atomic mass is 10.1. The highest BCUT2D eigenvalue weighted by atomic mass is 19.1. The van der Waals surface area contributed by atoms with Crippen molar-refractivity contribution in [1.29, 1.82) is 0 Å². The molecule has 5 heteroatoms. The van der Waals surface area contributed by atoms with Crippen LogP contribution in [0, 0.1) is 5.82 Å². The van der Waals surface area contributed by atoms with Gasteiger partial charge in [0.2, 0.25) is 0 Å². The van der Waals surface area contributed by atoms with Crippen molar-refractivity contribution in [3.8, 4) is 0 Å². The summed E-state index contributed by atoms with van der Waals surface area (Å²) in [5.41, 5.74) is 5.82. The van der Waals surface area contributed by atoms with Gasteiger partial charge in [0, 0.05) is 17.8 Å². The van der Waals surface area contributed by atoms with Gasteiger partial charge in [-0.1, -0.05) is 18.2 Å². The van der Waals surface area contributed by atoms with E-state index >= 15 is 0 Å². The number of amides is 1. The van der Waals surface area contributed by atoms with Crippen LogP contribution in [-0.2, 0) is 4.74 Å². The number of carbonyl (C=O) groups is 1. The smallest absolute Gasteiger partial charge is 0.407 e. The van der Waals surface area contributed by atoms with Crippen molar-refractivity contribution in [2.24, 2.45) is 0 Å². The van der Waals surface area contributed by atoms with Crippen molar-refractivity contribution in [2.45, 2.75) is 32.8 Å². The standard InChI is InChI=1S/C15H21FN2O2/c1-15(2,3)20-14(19)18-9-5-4-6-11-7-8-12(17)10-13(11)16/h4,6-8,10H,5,9,17H2,1-3H3,(H,18,19). The SMILES string of the molecule is CC(C)(C)OC(=O)NCCC=Cc1ccc(N)cc1F. The molecule has 0 fully saturated rings. The maximum absolute atomic E-state index is 13.5. The topological polar surface area (TPSA) is 64.3 Å². The predicted octanol–water partition coefficient (Wildman–Crippen LogP) is 3.34. The van der Waals surface area contributed by atoms with Crippen LogP contribution in [0.3, 0.4) is 0 Å². The second-order valence-electron chi connectivity index (χ2n) is 5.40. The fourth-order valence-corrected chi connectivity index (χ4v) is 1.46. The number of nitrogens with two attached hydrogens (primary N) is 1. The Hall–Kier alpha value is -2.04. The van der Waals surface area contributed by atoms with E-state index in [1.165, 1.54) is 6.07 Å². The van der Waals surface area contributed by atoms with E-state index in [-0.39, 0.29) is 5.82 Å². The van der Waals surface area contributed by atoms with Gasteiger partial charge in [0.05, 0.1) is 0 Å². The Morgan fingerprint density at radius 3 is 2.75 bits per heavy atom. The summed E-state index contributed by atoms with van der Waals surface area (Å²) in [5.74, 6) is -0.360. The molecule has 20 heavy (non-hydrogen) atoms. The first-order valence-corrected chi connectivity index (χ1v) is 6.46. The van der Waals surface area contributed by atoms with E-state index < -0.39 is 11.7 Å². The van der Waals surface area contributed by atoms with E-state index in [4.69, 9.17) is 10.5 Å². The number of rotatable bonds is 4. The molecular formula is C15H21FN2O2. The number of ether oxygens (including phenoxy) is 1. The summed E-state index contributed by atoms with van der Waals surface area (Å²) >= 11 is 0. The molecule has 0 spiro atoms. The van der Waals surface area contributed by atoms with E-state index in [2.05, 4.69) is 5.32 Å². The Morgan fingerprint density at radius 2 is 2.15 bits per heavy atom. The maximum atomic E-state index is 13.5. The van der Waals surface area contributed by atoms with Crippen molar-refractivity contribution in [3.63, 3.8) is 0 Å². The maximum Gasteiger partial charge on any atom is 0.407 e. The van der Waals surface area contributed by atoms with E-state index in [1.807, 2.05) is 0 Å². The summed E-state index contributed by atoms with van der Waals surface area (Å²) in [7, 11) is 0. The van der Waals surface area contributed by atoms with Gasteiger partial charge in [0.25, 0.3) is 0 Å². The molecule has 1 amide bonds. The Bertz CT molecular complexity index is 493. The molecule has 0 heterocycles. The number of nitrogens with one attached hydrogen (secondary N) is 1. The fourth-order valence-electron chi connectivity index (χ4n) is 1.46. The van der Waals surface area contributed by atoms with Gasteiger partial charge in [0.1, 0.15) is 11.4 Å². The van der Waals surface area contributed by atoms with Crippen LogP contribution in [0.5, 0.6) is 0 Å². The molecule has 1 aromatic carbocycles. The molecule has 0 bridgehead atoms. The highest BCUT2D eigenvalue weighted by Gasteiger charge is 2.15. The van der Waals surface area contributed by atoms with Crippen molar-refractivity contribution in [1.82, 2.24) is 5.32 Å². The van der Waals surface area contributed by atoms with Crippen LogP contribution in [0.25, 0.3) is 6.08 Å². The first-order chi connectivity index (χ1) is 9.28. The molecule has 110 valence electrons. The second kappa shape index (κ2) is 6.93. The molecule has 0 aliphatic carbocycles. The number of carbonyl (C=O) groups excluding carboxylic acids is 1. The van der Waals surface area contributed by atoms with Gasteiger partial charge < -0.3 is 15.8 Å². The van der Waals surface area contributed by atoms with Crippen LogP contribution in [-0.4, -0.2) is 18.2 Å². The Morgan fingerprint density at radius 1 is 1.45 bits per heavy atom. The molecule has 0 aromatic heterocycles. The highest BCUT2D eigenvalue weighted by Crippen LogP contribution is 2.13. The molecule has 0 saturated heterocycles. The lowest BCUT2D eigenvalue weighted by Crippen LogP contribution is -2.32. The van der Waals surface area contributed by atoms with Gasteiger partial charge in [0.15, 0.2) is 0 Å². The Labute approximate surface area is 118 Å². The molecule has 4 nitrogen and oxygen atoms in total. The van der Waals surface area contributed by atoms with Crippen LogP contribution >= 0.6 is 0 Å². The van der Waals surface area contributed by atoms with Crippen molar-refractivity contribution >= 4 is 17.9 Å². The number of hydrogen-bond donors (Lipinski definition) is 2. The number of nitrogen functional groups attached to an aromatic ring is 1. The summed E-state index contributed by atoms with van der Waals surface area (Å²) in [4.78, 5) is 11.4. The van der Waals surface area contributed by atoms with Gasteiger partial charge in [-0.25, -0.2) is 9.18 Å². The fraction of sp³-hybridized carbons (Fsp3) is 0.400. The van der Waals surface area contributed by atoms with E-state index in [9.17, 15) is 9.18 Å². The number of alkyl carbamates (subject to hydrolysis) is 1. The number of benzene rings is 1. The molecule has 0 aliphatic rings. The predicted molar refractivity (Wildman–Crippen MR) is 78.7 cm³/mol. The Balaban J connectivity index is 2.34. The zero-order chi connectivity index (χ0) is 15.2. The molecule has 0 unspecified atom stereocenters. The third kappa shape index (κ3) is 6.22. The largest absolute Gasteiger partial charge is 0.444 e. The van der Waals surface area contributed by atoms with Crippen LogP contribution in [0.1, 0.15) is 32.8 Å². The van der Waals surface area contributed by atoms with Gasteiger partial charge in [-0.05, 0) is 39.3 Å². The molecule has 0 aliphatic heterocycles. The molecular weight excluding hydrogens is 259 g/mol. The lowest BCUT2D eigenvalue weighted by Gasteiger charge is -2.19. The zero-order valence-corrected chi connectivity index (χ0v) is 12.1. The van der Waals surface area contributed by atoms with Crippen LogP contribution in [0.2, 0.25) is 0 Å². The van der Waals surface area contributed by atoms with Crippen LogP contribution in [0.15, 0.2) is 24.3 Å². The van der Waals surface area contributed by atoms with Crippen molar-refractivity contribution < 1.29 is 13.9 Å². The minimum atomic E-state index is -0.507. The third-order valence-corrected chi connectivity index (χ3v) is 2.30. The number of halogens is 1. The summed E-state index contributed by atoms with van der Waals surface area (Å²) in [6, 6.07) is 4.53. The van der Waals surface area contributed by atoms with Crippen molar-refractivity contribution in [3.05, 3.63) is 35.7 Å².